The van der Waals surface area contributed by atoms with Crippen LogP contribution in [0.25, 0.3) is 0 Å². The summed E-state index contributed by atoms with van der Waals surface area (Å²) in [5.41, 5.74) is 0.483. The van der Waals surface area contributed by atoms with Crippen molar-refractivity contribution in [2.24, 2.45) is 0 Å². The molecule has 1 heterocycles. The predicted molar refractivity (Wildman–Crippen MR) is 52.7 cm³/mol. The predicted octanol–water partition coefficient (Wildman–Crippen LogP) is 1.09. The molecule has 15 heavy (non-hydrogen) atoms. The normalized spacial score (nSPS) is 12.7. The number of methoxy groups -OCH3 is 1. The van der Waals surface area contributed by atoms with Gasteiger partial charge in [0.25, 0.3) is 0 Å². The summed E-state index contributed by atoms with van der Waals surface area (Å²) in [5, 5.41) is 16.4. The topological polar surface area (TPSA) is 77.2 Å². The standard InChI is InChI=1S/C9H15N3O3/c1-4-6(2)12-7(5-15-3)8(9(13)14)10-11-12/h6H,4-5H2,1-3H3,(H,13,14). The summed E-state index contributed by atoms with van der Waals surface area (Å²) >= 11 is 0. The maximum atomic E-state index is 10.8. The van der Waals surface area contributed by atoms with Gasteiger partial charge in [0, 0.05) is 7.11 Å². The van der Waals surface area contributed by atoms with Gasteiger partial charge in [-0.3, -0.25) is 0 Å². The molecule has 6 nitrogen and oxygen atoms in total. The highest BCUT2D eigenvalue weighted by molar-refractivity contribution is 5.86. The molecule has 1 rings (SSSR count). The zero-order chi connectivity index (χ0) is 11.4. The van der Waals surface area contributed by atoms with Crippen LogP contribution in [0.3, 0.4) is 0 Å². The molecule has 0 aliphatic rings. The molecular formula is C9H15N3O3. The Balaban J connectivity index is 3.11. The van der Waals surface area contributed by atoms with Crippen LogP contribution in [0.1, 0.15) is 42.5 Å². The second-order valence-corrected chi connectivity index (χ2v) is 3.32. The number of rotatable bonds is 5. The fourth-order valence-electron chi connectivity index (χ4n) is 1.28. The van der Waals surface area contributed by atoms with Crippen LogP contribution in [0.4, 0.5) is 0 Å². The van der Waals surface area contributed by atoms with E-state index < -0.39 is 5.97 Å². The van der Waals surface area contributed by atoms with E-state index in [4.69, 9.17) is 9.84 Å². The van der Waals surface area contributed by atoms with Crippen molar-refractivity contribution in [2.75, 3.05) is 7.11 Å². The number of nitrogens with zero attached hydrogens (tertiary/aromatic N) is 3. The number of carbonyl (C=O) groups is 1. The monoisotopic (exact) mass is 213 g/mol. The molecule has 1 N–H and O–H groups in total. The Kier molecular flexibility index (Phi) is 3.79. The Hall–Kier alpha value is -1.43. The molecule has 6 heteroatoms. The van der Waals surface area contributed by atoms with E-state index in [-0.39, 0.29) is 18.3 Å². The van der Waals surface area contributed by atoms with E-state index in [0.717, 1.165) is 6.42 Å². The minimum Gasteiger partial charge on any atom is -0.476 e. The van der Waals surface area contributed by atoms with Crippen molar-refractivity contribution in [3.05, 3.63) is 11.4 Å². The van der Waals surface area contributed by atoms with E-state index in [1.54, 1.807) is 4.68 Å². The van der Waals surface area contributed by atoms with Gasteiger partial charge in [0.15, 0.2) is 5.69 Å². The van der Waals surface area contributed by atoms with Crippen molar-refractivity contribution in [3.8, 4) is 0 Å². The molecular weight excluding hydrogens is 198 g/mol. The van der Waals surface area contributed by atoms with Crippen LogP contribution in [0.15, 0.2) is 0 Å². The quantitative estimate of drug-likeness (QED) is 0.792. The molecule has 0 saturated heterocycles. The number of ether oxygens (including phenoxy) is 1. The highest BCUT2D eigenvalue weighted by Gasteiger charge is 2.20. The average Bonchev–Trinajstić information content (AvgIpc) is 2.61. The molecule has 1 atom stereocenters. The number of carboxylic acids is 1. The maximum Gasteiger partial charge on any atom is 0.358 e. The highest BCUT2D eigenvalue weighted by atomic mass is 16.5. The number of hydrogen-bond donors (Lipinski definition) is 1. The van der Waals surface area contributed by atoms with Gasteiger partial charge in [-0.05, 0) is 13.3 Å². The fourth-order valence-corrected chi connectivity index (χ4v) is 1.28. The van der Waals surface area contributed by atoms with E-state index in [9.17, 15) is 4.79 Å². The van der Waals surface area contributed by atoms with Crippen molar-refractivity contribution in [2.45, 2.75) is 32.9 Å². The number of hydrogen-bond acceptors (Lipinski definition) is 4. The van der Waals surface area contributed by atoms with Gasteiger partial charge in [0.1, 0.15) is 0 Å². The minimum atomic E-state index is -1.07. The molecule has 0 fully saturated rings. The van der Waals surface area contributed by atoms with Crippen LogP contribution >= 0.6 is 0 Å². The van der Waals surface area contributed by atoms with Crippen LogP contribution in [-0.4, -0.2) is 33.2 Å². The van der Waals surface area contributed by atoms with Crippen LogP contribution in [0.2, 0.25) is 0 Å². The van der Waals surface area contributed by atoms with E-state index in [1.807, 2.05) is 13.8 Å². The lowest BCUT2D eigenvalue weighted by atomic mass is 10.2. The Morgan fingerprint density at radius 3 is 2.80 bits per heavy atom. The maximum absolute atomic E-state index is 10.8. The number of aromatic nitrogens is 3. The molecule has 0 aliphatic carbocycles. The molecule has 0 spiro atoms. The van der Waals surface area contributed by atoms with Crippen LogP contribution in [0.5, 0.6) is 0 Å². The van der Waals surface area contributed by atoms with Crippen LogP contribution in [0, 0.1) is 0 Å². The lowest BCUT2D eigenvalue weighted by Crippen LogP contribution is -2.12. The SMILES string of the molecule is CCC(C)n1nnc(C(=O)O)c1COC. The third-order valence-electron chi connectivity index (χ3n) is 2.28. The van der Waals surface area contributed by atoms with E-state index in [0.29, 0.717) is 5.69 Å². The second kappa shape index (κ2) is 4.88. The molecule has 0 aliphatic heterocycles. The molecule has 0 amide bonds. The third-order valence-corrected chi connectivity index (χ3v) is 2.28. The summed E-state index contributed by atoms with van der Waals surface area (Å²) in [5.74, 6) is -1.07. The van der Waals surface area contributed by atoms with Gasteiger partial charge in [-0.25, -0.2) is 9.48 Å². The zero-order valence-electron chi connectivity index (χ0n) is 9.10. The first-order chi connectivity index (χ1) is 7.11. The number of carboxylic acid groups (broad SMARTS) is 1. The molecule has 0 saturated carbocycles. The molecule has 0 aromatic carbocycles. The van der Waals surface area contributed by atoms with Crippen molar-refractivity contribution in [3.63, 3.8) is 0 Å². The summed E-state index contributed by atoms with van der Waals surface area (Å²) in [7, 11) is 1.51. The third kappa shape index (κ3) is 2.33. The number of aromatic carboxylic acids is 1. The van der Waals surface area contributed by atoms with Crippen LogP contribution in [-0.2, 0) is 11.3 Å². The van der Waals surface area contributed by atoms with Gasteiger partial charge >= 0.3 is 5.97 Å². The first-order valence-corrected chi connectivity index (χ1v) is 4.78. The van der Waals surface area contributed by atoms with E-state index in [2.05, 4.69) is 10.3 Å². The van der Waals surface area contributed by atoms with Crippen LogP contribution < -0.4 is 0 Å². The highest BCUT2D eigenvalue weighted by Crippen LogP contribution is 2.15. The molecule has 0 radical (unpaired) electrons. The Labute approximate surface area is 87.9 Å². The van der Waals surface area contributed by atoms with E-state index >= 15 is 0 Å². The molecule has 1 aromatic heterocycles. The first-order valence-electron chi connectivity index (χ1n) is 4.78. The molecule has 84 valence electrons. The summed E-state index contributed by atoms with van der Waals surface area (Å²) < 4.78 is 6.55. The lowest BCUT2D eigenvalue weighted by molar-refractivity contribution is 0.0684. The average molecular weight is 213 g/mol. The van der Waals surface area contributed by atoms with Crippen molar-refractivity contribution in [1.29, 1.82) is 0 Å². The Morgan fingerprint density at radius 1 is 1.67 bits per heavy atom. The van der Waals surface area contributed by atoms with Gasteiger partial charge in [-0.1, -0.05) is 12.1 Å². The summed E-state index contributed by atoms with van der Waals surface area (Å²) in [6.07, 6.45) is 0.860. The van der Waals surface area contributed by atoms with Crippen molar-refractivity contribution < 1.29 is 14.6 Å². The zero-order valence-corrected chi connectivity index (χ0v) is 9.10. The molecule has 1 aromatic rings. The van der Waals surface area contributed by atoms with Gasteiger partial charge in [0.2, 0.25) is 0 Å². The summed E-state index contributed by atoms with van der Waals surface area (Å²) in [6, 6.07) is 0.121. The van der Waals surface area contributed by atoms with Crippen molar-refractivity contribution in [1.82, 2.24) is 15.0 Å². The Bertz CT molecular complexity index is 348. The summed E-state index contributed by atoms with van der Waals surface area (Å²) in [4.78, 5) is 10.8. The van der Waals surface area contributed by atoms with Gasteiger partial charge in [-0.2, -0.15) is 0 Å². The first kappa shape index (κ1) is 11.6. The smallest absolute Gasteiger partial charge is 0.358 e. The van der Waals surface area contributed by atoms with E-state index in [1.165, 1.54) is 7.11 Å². The largest absolute Gasteiger partial charge is 0.476 e. The Morgan fingerprint density at radius 2 is 2.33 bits per heavy atom. The van der Waals surface area contributed by atoms with Gasteiger partial charge in [-0.15, -0.1) is 5.10 Å². The summed E-state index contributed by atoms with van der Waals surface area (Å²) in [6.45, 7) is 4.17. The van der Waals surface area contributed by atoms with Gasteiger partial charge in [0.05, 0.1) is 18.3 Å². The molecule has 0 bridgehead atoms. The molecule has 1 unspecified atom stereocenters. The fraction of sp³-hybridized carbons (Fsp3) is 0.667. The second-order valence-electron chi connectivity index (χ2n) is 3.32. The lowest BCUT2D eigenvalue weighted by Gasteiger charge is -2.11. The minimum absolute atomic E-state index is 0.0304. The van der Waals surface area contributed by atoms with Gasteiger partial charge < -0.3 is 9.84 Å². The van der Waals surface area contributed by atoms with Crippen molar-refractivity contribution >= 4 is 5.97 Å².